The van der Waals surface area contributed by atoms with Crippen LogP contribution in [0, 0.1) is 0 Å². The number of hydrogen-bond donors (Lipinski definition) is 1. The second kappa shape index (κ2) is 4.20. The lowest BCUT2D eigenvalue weighted by atomic mass is 9.79. The summed E-state index contributed by atoms with van der Waals surface area (Å²) >= 11 is 0. The zero-order valence-corrected chi connectivity index (χ0v) is 11.5. The van der Waals surface area contributed by atoms with Crippen molar-refractivity contribution in [1.29, 1.82) is 0 Å². The van der Waals surface area contributed by atoms with Gasteiger partial charge in [0.05, 0.1) is 23.9 Å². The van der Waals surface area contributed by atoms with Crippen LogP contribution in [0.2, 0.25) is 0 Å². The lowest BCUT2D eigenvalue weighted by Gasteiger charge is -2.44. The first-order valence-corrected chi connectivity index (χ1v) is 7.29. The van der Waals surface area contributed by atoms with Crippen molar-refractivity contribution in [2.75, 3.05) is 13.7 Å². The van der Waals surface area contributed by atoms with Gasteiger partial charge in [0.1, 0.15) is 0 Å². The maximum atomic E-state index is 12.5. The molecule has 1 N–H and O–H groups in total. The van der Waals surface area contributed by atoms with Crippen LogP contribution in [0.25, 0.3) is 0 Å². The van der Waals surface area contributed by atoms with Crippen molar-refractivity contribution in [2.24, 2.45) is 0 Å². The minimum Gasteiger partial charge on any atom is -0.376 e. The molecule has 4 heteroatoms. The molecule has 0 aromatic rings. The Kier molecular flexibility index (Phi) is 2.90. The number of carbonyl (C=O) groups is 1. The van der Waals surface area contributed by atoms with Gasteiger partial charge in [-0.05, 0) is 38.5 Å². The van der Waals surface area contributed by atoms with Crippen LogP contribution < -0.4 is 5.32 Å². The summed E-state index contributed by atoms with van der Waals surface area (Å²) in [6, 6.07) is 0. The van der Waals surface area contributed by atoms with Gasteiger partial charge < -0.3 is 9.64 Å². The molecule has 1 saturated heterocycles. The van der Waals surface area contributed by atoms with E-state index in [2.05, 4.69) is 17.1 Å². The molecule has 2 saturated carbocycles. The molecule has 0 aromatic heterocycles. The Labute approximate surface area is 109 Å². The predicted octanol–water partition coefficient (Wildman–Crippen LogP) is 1.65. The summed E-state index contributed by atoms with van der Waals surface area (Å²) in [5, 5.41) is 3.56. The smallest absolute Gasteiger partial charge is 0.244 e. The Morgan fingerprint density at radius 3 is 2.56 bits per heavy atom. The first-order chi connectivity index (χ1) is 8.65. The Morgan fingerprint density at radius 1 is 1.39 bits per heavy atom. The number of rotatable bonds is 5. The number of hydrogen-bond acceptors (Lipinski definition) is 3. The molecular formula is C14H24N2O2. The van der Waals surface area contributed by atoms with E-state index >= 15 is 0 Å². The minimum atomic E-state index is -0.182. The molecule has 4 nitrogen and oxygen atoms in total. The van der Waals surface area contributed by atoms with E-state index in [0.717, 1.165) is 45.1 Å². The molecule has 1 aliphatic heterocycles. The molecule has 0 radical (unpaired) electrons. The van der Waals surface area contributed by atoms with Gasteiger partial charge in [0.15, 0.2) is 0 Å². The number of methoxy groups -OCH3 is 1. The van der Waals surface area contributed by atoms with Crippen molar-refractivity contribution in [3.8, 4) is 0 Å². The van der Waals surface area contributed by atoms with E-state index in [1.165, 1.54) is 6.42 Å². The van der Waals surface area contributed by atoms with Gasteiger partial charge in [-0.15, -0.1) is 0 Å². The maximum Gasteiger partial charge on any atom is 0.244 e. The zero-order valence-electron chi connectivity index (χ0n) is 11.5. The van der Waals surface area contributed by atoms with Crippen LogP contribution in [0.3, 0.4) is 0 Å². The van der Waals surface area contributed by atoms with Gasteiger partial charge in [-0.2, -0.15) is 0 Å². The van der Waals surface area contributed by atoms with Crippen molar-refractivity contribution in [2.45, 2.75) is 69.2 Å². The van der Waals surface area contributed by atoms with Crippen LogP contribution >= 0.6 is 0 Å². The molecule has 18 heavy (non-hydrogen) atoms. The average Bonchev–Trinajstić information content (AvgIpc) is 3.04. The van der Waals surface area contributed by atoms with Crippen LogP contribution in [-0.2, 0) is 9.53 Å². The van der Waals surface area contributed by atoms with E-state index in [4.69, 9.17) is 4.74 Å². The summed E-state index contributed by atoms with van der Waals surface area (Å²) in [5.41, 5.74) is -0.234. The summed E-state index contributed by atoms with van der Waals surface area (Å²) in [7, 11) is 1.79. The van der Waals surface area contributed by atoms with Crippen LogP contribution in [0.15, 0.2) is 0 Å². The number of amides is 1. The third-order valence-corrected chi connectivity index (χ3v) is 4.96. The average molecular weight is 252 g/mol. The summed E-state index contributed by atoms with van der Waals surface area (Å²) in [4.78, 5) is 14.6. The highest BCUT2D eigenvalue weighted by Crippen LogP contribution is 2.45. The second-order valence-electron chi connectivity index (χ2n) is 6.20. The molecule has 1 atom stereocenters. The van der Waals surface area contributed by atoms with Crippen LogP contribution in [0.5, 0.6) is 0 Å². The number of ether oxygens (including phenoxy) is 1. The normalized spacial score (nSPS) is 31.8. The largest absolute Gasteiger partial charge is 0.376 e. The van der Waals surface area contributed by atoms with E-state index in [0.29, 0.717) is 5.91 Å². The van der Waals surface area contributed by atoms with E-state index in [1.54, 1.807) is 7.11 Å². The van der Waals surface area contributed by atoms with E-state index in [9.17, 15) is 4.79 Å². The van der Waals surface area contributed by atoms with Gasteiger partial charge in [-0.25, -0.2) is 0 Å². The van der Waals surface area contributed by atoms with Gasteiger partial charge in [0.25, 0.3) is 0 Å². The lowest BCUT2D eigenvalue weighted by Crippen LogP contribution is -2.52. The molecule has 2 aliphatic carbocycles. The molecule has 1 spiro atoms. The molecule has 1 amide bonds. The molecule has 0 aromatic carbocycles. The molecule has 102 valence electrons. The summed E-state index contributed by atoms with van der Waals surface area (Å²) < 4.78 is 5.68. The Balaban J connectivity index is 1.73. The quantitative estimate of drug-likeness (QED) is 0.809. The predicted molar refractivity (Wildman–Crippen MR) is 69.1 cm³/mol. The van der Waals surface area contributed by atoms with Crippen LogP contribution in [0.4, 0.5) is 0 Å². The fourth-order valence-corrected chi connectivity index (χ4v) is 3.35. The fourth-order valence-electron chi connectivity index (χ4n) is 3.35. The summed E-state index contributed by atoms with van der Waals surface area (Å²) in [6.07, 6.45) is 7.85. The third-order valence-electron chi connectivity index (χ3n) is 4.96. The second-order valence-corrected chi connectivity index (χ2v) is 6.20. The van der Waals surface area contributed by atoms with Crippen molar-refractivity contribution < 1.29 is 9.53 Å². The monoisotopic (exact) mass is 252 g/mol. The van der Waals surface area contributed by atoms with Gasteiger partial charge in [-0.3, -0.25) is 10.1 Å². The number of nitrogens with one attached hydrogen (secondary N) is 1. The topological polar surface area (TPSA) is 41.6 Å². The highest BCUT2D eigenvalue weighted by molar-refractivity contribution is 5.91. The van der Waals surface area contributed by atoms with Crippen LogP contribution in [0.1, 0.15) is 51.9 Å². The highest BCUT2D eigenvalue weighted by Gasteiger charge is 2.60. The van der Waals surface area contributed by atoms with Crippen molar-refractivity contribution in [1.82, 2.24) is 10.2 Å². The maximum absolute atomic E-state index is 12.5. The molecule has 1 heterocycles. The fraction of sp³-hybridized carbons (Fsp3) is 0.929. The summed E-state index contributed by atoms with van der Waals surface area (Å²) in [6.45, 7) is 2.96. The van der Waals surface area contributed by atoms with E-state index in [1.807, 2.05) is 0 Å². The summed E-state index contributed by atoms with van der Waals surface area (Å²) in [5.74, 6) is 0.323. The van der Waals surface area contributed by atoms with Gasteiger partial charge >= 0.3 is 0 Å². The van der Waals surface area contributed by atoms with Gasteiger partial charge in [-0.1, -0.05) is 13.3 Å². The molecule has 0 bridgehead atoms. The minimum absolute atomic E-state index is 0.0518. The molecule has 1 unspecified atom stereocenters. The molecule has 3 rings (SSSR count). The zero-order chi connectivity index (χ0) is 12.8. The first kappa shape index (κ1) is 12.4. The standard InChI is InChI=1S/C14H24N2O2/c1-3-5-11-15-14(8-9-14)12(17)16(11)10-13(18-2)6-4-7-13/h11,15H,3-10H2,1-2H3. The lowest BCUT2D eigenvalue weighted by molar-refractivity contribution is -0.141. The van der Waals surface area contributed by atoms with Gasteiger partial charge in [0.2, 0.25) is 5.91 Å². The van der Waals surface area contributed by atoms with E-state index in [-0.39, 0.29) is 17.3 Å². The Morgan fingerprint density at radius 2 is 2.11 bits per heavy atom. The Hall–Kier alpha value is -0.610. The van der Waals surface area contributed by atoms with E-state index < -0.39 is 0 Å². The van der Waals surface area contributed by atoms with Crippen molar-refractivity contribution in [3.63, 3.8) is 0 Å². The SMILES string of the molecule is CCCC1NC2(CC2)C(=O)N1CC1(OC)CCC1. The number of carbonyl (C=O) groups excluding carboxylic acids is 1. The number of nitrogens with zero attached hydrogens (tertiary/aromatic N) is 1. The highest BCUT2D eigenvalue weighted by atomic mass is 16.5. The molecule has 3 fully saturated rings. The van der Waals surface area contributed by atoms with Crippen LogP contribution in [-0.4, -0.2) is 41.8 Å². The Bertz CT molecular complexity index is 342. The van der Waals surface area contributed by atoms with Gasteiger partial charge in [0, 0.05) is 7.11 Å². The van der Waals surface area contributed by atoms with Crippen molar-refractivity contribution in [3.05, 3.63) is 0 Å². The van der Waals surface area contributed by atoms with Crippen molar-refractivity contribution >= 4 is 5.91 Å². The first-order valence-electron chi connectivity index (χ1n) is 7.29. The third kappa shape index (κ3) is 1.77. The molecule has 3 aliphatic rings. The molecular weight excluding hydrogens is 228 g/mol.